The number of carbonyl (C=O) groups is 2. The molecule has 112 valence electrons. The summed E-state index contributed by atoms with van der Waals surface area (Å²) < 4.78 is 26.2. The van der Waals surface area contributed by atoms with E-state index < -0.39 is 22.0 Å². The zero-order chi connectivity index (χ0) is 15.2. The monoisotopic (exact) mass is 310 g/mol. The standard InChI is InChI=1S/C13H14N2O5S/c16-12-7-8-6-9(3-4-10(8)14-12)21(19,20)15-5-1-2-11(15)13(17)18/h3-4,6,11H,1-2,5,7H2,(H,14,16)(H,17,18). The molecule has 2 aliphatic rings. The van der Waals surface area contributed by atoms with Crippen molar-refractivity contribution >= 4 is 27.6 Å². The van der Waals surface area contributed by atoms with Gasteiger partial charge in [0.15, 0.2) is 0 Å². The molecule has 0 aliphatic carbocycles. The number of carbonyl (C=O) groups excluding carboxylic acids is 1. The fraction of sp³-hybridized carbons (Fsp3) is 0.385. The number of nitrogens with zero attached hydrogens (tertiary/aromatic N) is 1. The van der Waals surface area contributed by atoms with Crippen LogP contribution in [0.15, 0.2) is 23.1 Å². The molecule has 1 saturated heterocycles. The van der Waals surface area contributed by atoms with E-state index in [-0.39, 0.29) is 23.8 Å². The Kier molecular flexibility index (Phi) is 3.22. The Morgan fingerprint density at radius 3 is 2.86 bits per heavy atom. The van der Waals surface area contributed by atoms with Crippen LogP contribution in [0.25, 0.3) is 0 Å². The molecule has 1 unspecified atom stereocenters. The Morgan fingerprint density at radius 2 is 2.14 bits per heavy atom. The van der Waals surface area contributed by atoms with Gasteiger partial charge >= 0.3 is 5.97 Å². The summed E-state index contributed by atoms with van der Waals surface area (Å²) in [5, 5.41) is 11.8. The van der Waals surface area contributed by atoms with Crippen LogP contribution >= 0.6 is 0 Å². The highest BCUT2D eigenvalue weighted by molar-refractivity contribution is 7.89. The minimum Gasteiger partial charge on any atom is -0.480 e. The summed E-state index contributed by atoms with van der Waals surface area (Å²) in [5.41, 5.74) is 1.22. The van der Waals surface area contributed by atoms with Gasteiger partial charge in [-0.05, 0) is 36.6 Å². The fourth-order valence-corrected chi connectivity index (χ4v) is 4.48. The number of hydrogen-bond donors (Lipinski definition) is 2. The number of anilines is 1. The molecule has 21 heavy (non-hydrogen) atoms. The van der Waals surface area contributed by atoms with E-state index in [0.717, 1.165) is 4.31 Å². The molecule has 1 aromatic carbocycles. The largest absolute Gasteiger partial charge is 0.480 e. The van der Waals surface area contributed by atoms with E-state index in [1.165, 1.54) is 12.1 Å². The van der Waals surface area contributed by atoms with Gasteiger partial charge < -0.3 is 10.4 Å². The van der Waals surface area contributed by atoms with E-state index in [4.69, 9.17) is 5.11 Å². The number of sulfonamides is 1. The van der Waals surface area contributed by atoms with Crippen LogP contribution in [0.2, 0.25) is 0 Å². The van der Waals surface area contributed by atoms with Crippen LogP contribution in [0, 0.1) is 0 Å². The summed E-state index contributed by atoms with van der Waals surface area (Å²) in [6.45, 7) is 0.202. The molecule has 0 radical (unpaired) electrons. The van der Waals surface area contributed by atoms with Gasteiger partial charge in [0.25, 0.3) is 0 Å². The maximum absolute atomic E-state index is 12.6. The predicted octanol–water partition coefficient (Wildman–Crippen LogP) is 0.419. The summed E-state index contributed by atoms with van der Waals surface area (Å²) in [6.07, 6.45) is 0.988. The minimum atomic E-state index is -3.86. The third-order valence-electron chi connectivity index (χ3n) is 3.80. The predicted molar refractivity (Wildman–Crippen MR) is 73.3 cm³/mol. The first-order valence-corrected chi connectivity index (χ1v) is 8.01. The quantitative estimate of drug-likeness (QED) is 0.842. The summed E-state index contributed by atoms with van der Waals surface area (Å²) in [5.74, 6) is -1.31. The molecule has 1 aromatic rings. The van der Waals surface area contributed by atoms with E-state index >= 15 is 0 Å². The van der Waals surface area contributed by atoms with Crippen molar-refractivity contribution in [2.24, 2.45) is 0 Å². The van der Waals surface area contributed by atoms with Crippen LogP contribution in [-0.4, -0.2) is 42.3 Å². The van der Waals surface area contributed by atoms with Gasteiger partial charge in [0, 0.05) is 12.2 Å². The number of amides is 1. The van der Waals surface area contributed by atoms with Crippen LogP contribution in [0.1, 0.15) is 18.4 Å². The van der Waals surface area contributed by atoms with Crippen molar-refractivity contribution in [1.82, 2.24) is 4.31 Å². The van der Waals surface area contributed by atoms with E-state index in [0.29, 0.717) is 24.1 Å². The molecule has 2 heterocycles. The molecular weight excluding hydrogens is 296 g/mol. The average Bonchev–Trinajstić information content (AvgIpc) is 3.02. The number of hydrogen-bond acceptors (Lipinski definition) is 4. The lowest BCUT2D eigenvalue weighted by molar-refractivity contribution is -0.140. The molecule has 1 fully saturated rings. The lowest BCUT2D eigenvalue weighted by atomic mass is 10.2. The second kappa shape index (κ2) is 4.81. The third kappa shape index (κ3) is 2.30. The number of fused-ring (bicyclic) bond motifs is 1. The first-order chi connectivity index (χ1) is 9.89. The number of carboxylic acid groups (broad SMARTS) is 1. The van der Waals surface area contributed by atoms with Crippen LogP contribution in [0.3, 0.4) is 0 Å². The van der Waals surface area contributed by atoms with Gasteiger partial charge in [0.1, 0.15) is 6.04 Å². The second-order valence-electron chi connectivity index (χ2n) is 5.16. The highest BCUT2D eigenvalue weighted by Gasteiger charge is 2.39. The molecule has 7 nitrogen and oxygen atoms in total. The van der Waals surface area contributed by atoms with Crippen LogP contribution < -0.4 is 5.32 Å². The molecule has 1 atom stereocenters. The number of benzene rings is 1. The first-order valence-electron chi connectivity index (χ1n) is 6.57. The van der Waals surface area contributed by atoms with Crippen LogP contribution in [-0.2, 0) is 26.0 Å². The van der Waals surface area contributed by atoms with Crippen LogP contribution in [0.5, 0.6) is 0 Å². The Morgan fingerprint density at radius 1 is 1.38 bits per heavy atom. The van der Waals surface area contributed by atoms with E-state index in [1.54, 1.807) is 6.07 Å². The SMILES string of the molecule is O=C1Cc2cc(S(=O)(=O)N3CCCC3C(=O)O)ccc2N1. The van der Waals surface area contributed by atoms with Crippen molar-refractivity contribution in [2.45, 2.75) is 30.2 Å². The van der Waals surface area contributed by atoms with Crippen molar-refractivity contribution in [3.8, 4) is 0 Å². The topological polar surface area (TPSA) is 104 Å². The van der Waals surface area contributed by atoms with Crippen molar-refractivity contribution in [1.29, 1.82) is 0 Å². The molecule has 3 rings (SSSR count). The minimum absolute atomic E-state index is 0.0332. The molecule has 0 bridgehead atoms. The van der Waals surface area contributed by atoms with Gasteiger partial charge in [-0.2, -0.15) is 4.31 Å². The number of carboxylic acids is 1. The maximum Gasteiger partial charge on any atom is 0.322 e. The molecule has 0 aromatic heterocycles. The molecule has 0 spiro atoms. The zero-order valence-electron chi connectivity index (χ0n) is 11.1. The summed E-state index contributed by atoms with van der Waals surface area (Å²) in [4.78, 5) is 22.5. The Bertz CT molecular complexity index is 728. The average molecular weight is 310 g/mol. The van der Waals surface area contributed by atoms with Gasteiger partial charge in [0.2, 0.25) is 15.9 Å². The molecular formula is C13H14N2O5S. The lowest BCUT2D eigenvalue weighted by Crippen LogP contribution is -2.40. The molecule has 0 saturated carbocycles. The summed E-state index contributed by atoms with van der Waals surface area (Å²) in [7, 11) is -3.86. The zero-order valence-corrected chi connectivity index (χ0v) is 11.9. The normalized spacial score (nSPS) is 22.1. The Balaban J connectivity index is 1.98. The first kappa shape index (κ1) is 14.0. The van der Waals surface area contributed by atoms with Gasteiger partial charge in [-0.3, -0.25) is 9.59 Å². The highest BCUT2D eigenvalue weighted by Crippen LogP contribution is 2.30. The third-order valence-corrected chi connectivity index (χ3v) is 5.70. The molecule has 2 N–H and O–H groups in total. The molecule has 2 aliphatic heterocycles. The fourth-order valence-electron chi connectivity index (χ4n) is 2.78. The Labute approximate surface area is 121 Å². The van der Waals surface area contributed by atoms with Crippen molar-refractivity contribution in [2.75, 3.05) is 11.9 Å². The Hall–Kier alpha value is -1.93. The van der Waals surface area contributed by atoms with E-state index in [9.17, 15) is 18.0 Å². The molecule has 1 amide bonds. The van der Waals surface area contributed by atoms with Gasteiger partial charge in [-0.25, -0.2) is 8.42 Å². The maximum atomic E-state index is 12.6. The van der Waals surface area contributed by atoms with E-state index in [2.05, 4.69) is 5.32 Å². The number of rotatable bonds is 3. The number of nitrogens with one attached hydrogen (secondary N) is 1. The summed E-state index contributed by atoms with van der Waals surface area (Å²) in [6, 6.07) is 3.37. The van der Waals surface area contributed by atoms with Crippen molar-refractivity contribution in [3.63, 3.8) is 0 Å². The summed E-state index contributed by atoms with van der Waals surface area (Å²) >= 11 is 0. The van der Waals surface area contributed by atoms with Crippen molar-refractivity contribution < 1.29 is 23.1 Å². The van der Waals surface area contributed by atoms with Crippen molar-refractivity contribution in [3.05, 3.63) is 23.8 Å². The lowest BCUT2D eigenvalue weighted by Gasteiger charge is -2.21. The highest BCUT2D eigenvalue weighted by atomic mass is 32.2. The van der Waals surface area contributed by atoms with Gasteiger partial charge in [0.05, 0.1) is 11.3 Å². The number of aliphatic carboxylic acids is 1. The second-order valence-corrected chi connectivity index (χ2v) is 7.05. The van der Waals surface area contributed by atoms with Gasteiger partial charge in [-0.15, -0.1) is 0 Å². The molecule has 8 heteroatoms. The van der Waals surface area contributed by atoms with Crippen LogP contribution in [0.4, 0.5) is 5.69 Å². The smallest absolute Gasteiger partial charge is 0.322 e. The van der Waals surface area contributed by atoms with Gasteiger partial charge in [-0.1, -0.05) is 0 Å². The van der Waals surface area contributed by atoms with E-state index in [1.807, 2.05) is 0 Å².